The minimum atomic E-state index is -2.08. The Bertz CT molecular complexity index is 1770. The van der Waals surface area contributed by atoms with Crippen molar-refractivity contribution in [2.24, 2.45) is 0 Å². The predicted octanol–water partition coefficient (Wildman–Crippen LogP) is -106. The van der Waals surface area contributed by atoms with Crippen LogP contribution >= 0.6 is 0 Å². The zero-order chi connectivity index (χ0) is 107. The molecule has 34 N–H and O–H groups in total. The Kier molecular flexibility index (Phi) is 953. The van der Waals surface area contributed by atoms with Crippen LogP contribution in [0.15, 0.2) is 0 Å². The van der Waals surface area contributed by atoms with E-state index in [1.54, 1.807) is 0 Å². The summed E-state index contributed by atoms with van der Waals surface area (Å²) in [6.45, 7) is 0. The van der Waals surface area contributed by atoms with Crippen LogP contribution < -0.4 is 901 Å². The van der Waals surface area contributed by atoms with E-state index in [1.165, 1.54) is 0 Å². The number of hydrogen-bond acceptors (Lipinski definition) is 56. The van der Waals surface area contributed by atoms with E-state index < -0.39 is 185 Å². The van der Waals surface area contributed by atoms with Gasteiger partial charge in [0, 0.05) is 0 Å². The smallest absolute Gasteiger partial charge is 0.565 e. The molecular formula is C30H34Na26O90. The summed E-state index contributed by atoms with van der Waals surface area (Å²) in [6.07, 6.45) is -61.5. The number of carboxylic acid groups (broad SMARTS) is 60. The summed E-state index contributed by atoms with van der Waals surface area (Å²) in [6, 6.07) is 0. The monoisotopic (exact) mass is 2430 g/mol. The topological polar surface area (TPSA) is 1800 Å². The van der Waals surface area contributed by atoms with Crippen molar-refractivity contribution in [2.45, 2.75) is 0 Å². The number of rotatable bonds is 0. The Morgan fingerprint density at radius 2 is 0.0685 bits per heavy atom. The van der Waals surface area contributed by atoms with Gasteiger partial charge in [-0.1, -0.05) is 0 Å². The molecule has 0 aliphatic carbocycles. The van der Waals surface area contributed by atoms with Crippen LogP contribution in [-0.4, -0.2) is 358 Å². The maximum atomic E-state index is 8.56. The fourth-order valence-corrected chi connectivity index (χ4v) is 0. The first-order valence-electron chi connectivity index (χ1n) is 19.0. The average molecular weight is 2430 g/mol. The third-order valence-corrected chi connectivity index (χ3v) is 0. The number of carbonyl (C=O) groups is 30. The van der Waals surface area contributed by atoms with Crippen molar-refractivity contribution in [3.05, 3.63) is 0 Å². The van der Waals surface area contributed by atoms with Crippen molar-refractivity contribution in [3.8, 4) is 0 Å². The second kappa shape index (κ2) is 369. The van der Waals surface area contributed by atoms with Gasteiger partial charge in [-0.3, -0.25) is 0 Å². The van der Waals surface area contributed by atoms with Gasteiger partial charge in [-0.2, -0.15) is 0 Å². The average Bonchev–Trinajstić information content (AvgIpc) is 3.29. The van der Waals surface area contributed by atoms with Crippen LogP contribution in [0, 0.1) is 0 Å². The molecule has 0 unspecified atom stereocenters. The summed E-state index contributed by atoms with van der Waals surface area (Å²) in [5.41, 5.74) is 0. The van der Waals surface area contributed by atoms with Gasteiger partial charge in [-0.15, -0.1) is 0 Å². The third kappa shape index (κ3) is 191000. The molecular weight excluding hydrogens is 2400 g/mol. The molecule has 0 aromatic heterocycles. The zero-order valence-corrected chi connectivity index (χ0v) is 131. The van der Waals surface area contributed by atoms with Gasteiger partial charge in [0.1, 0.15) is 0 Å². The Morgan fingerprint density at radius 1 is 0.0685 bits per heavy atom. The predicted molar refractivity (Wildman–Crippen MR) is 251 cm³/mol. The summed E-state index contributed by atoms with van der Waals surface area (Å²) < 4.78 is 0. The molecule has 0 atom stereocenters. The van der Waals surface area contributed by atoms with Gasteiger partial charge in [0.25, 0.3) is 0 Å². The van der Waals surface area contributed by atoms with Gasteiger partial charge in [0.15, 0.2) is 0 Å². The van der Waals surface area contributed by atoms with Crippen LogP contribution in [0.4, 0.5) is 144 Å². The molecule has 0 saturated heterocycles. The molecule has 0 fully saturated rings. The van der Waals surface area contributed by atoms with Crippen molar-refractivity contribution >= 4 is 185 Å². The minimum absolute atomic E-state index is 0. The fourth-order valence-electron chi connectivity index (χ4n) is 0. The van der Waals surface area contributed by atoms with Crippen molar-refractivity contribution in [2.75, 3.05) is 0 Å². The first-order chi connectivity index (χ1) is 52.0. The van der Waals surface area contributed by atoms with E-state index in [0.717, 1.165) is 0 Å². The maximum Gasteiger partial charge on any atom is 1.00 e. The number of hydrogen-bond donors (Lipinski definition) is 34. The Labute approximate surface area is 1370 Å². The SMILES string of the molecule is O=C(O)O.O=C(O)O.O=C(O)O.O=C(O)O.O=C([O-])O.O=C([O-])O.O=C([O-])O.O=C([O-])O.O=C([O-])O.O=C([O-])O.O=C([O-])O.O=C([O-])O.O=C([O-])O.O=C([O-])O.O=C([O-])O.O=C([O-])O.O=C([O-])O.O=C([O-])O.O=C([O-])O.O=C([O-])O.O=C([O-])O.O=C([O-])O.O=C([O-])O.O=C([O-])O.O=C([O-])O.O=C([O-])O.O=C([O-])O.O=C([O-])O.O=C([O-])O.O=C([O-])O.[Na+].[Na+].[Na+].[Na+].[Na+].[Na+].[Na+].[Na+].[Na+].[Na+].[Na+].[Na+].[Na+].[Na+].[Na+].[Na+].[Na+].[Na+].[Na+].[Na+].[Na+].[Na+].[Na+].[Na+].[Na+].[Na+]. The maximum absolute atomic E-state index is 8.56. The van der Waals surface area contributed by atoms with E-state index >= 15 is 0 Å². The van der Waals surface area contributed by atoms with Crippen molar-refractivity contribution in [1.82, 2.24) is 0 Å². The van der Waals surface area contributed by atoms with Crippen LogP contribution in [-0.2, 0) is 0 Å². The molecule has 0 amide bonds. The fraction of sp³-hybridized carbons (Fsp3) is 0. The largest absolute Gasteiger partial charge is 1.00 e. The van der Waals surface area contributed by atoms with Crippen molar-refractivity contribution in [1.29, 1.82) is 0 Å². The molecule has 720 valence electrons. The van der Waals surface area contributed by atoms with Gasteiger partial charge in [0.2, 0.25) is 160 Å². The van der Waals surface area contributed by atoms with Gasteiger partial charge >= 0.3 is 793 Å². The molecule has 0 spiro atoms. The van der Waals surface area contributed by atoms with Crippen molar-refractivity contribution in [3.63, 3.8) is 0 Å². The summed E-state index contributed by atoms with van der Waals surface area (Å²) in [4.78, 5) is 254. The van der Waals surface area contributed by atoms with Crippen LogP contribution in [0.3, 0.4) is 0 Å². The van der Waals surface area contributed by atoms with Gasteiger partial charge < -0.3 is 431 Å². The van der Waals surface area contributed by atoms with Crippen LogP contribution in [0.1, 0.15) is 0 Å². The van der Waals surface area contributed by atoms with Gasteiger partial charge in [-0.05, 0) is 0 Å². The second-order valence-corrected chi connectivity index (χ2v) is 8.04. The van der Waals surface area contributed by atoms with E-state index in [0.29, 0.717) is 0 Å². The van der Waals surface area contributed by atoms with Crippen LogP contribution in [0.5, 0.6) is 0 Å². The van der Waals surface area contributed by atoms with Crippen LogP contribution in [0.2, 0.25) is 0 Å². The third-order valence-electron chi connectivity index (χ3n) is 0. The summed E-state index contributed by atoms with van der Waals surface area (Å²) >= 11 is 0. The second-order valence-electron chi connectivity index (χ2n) is 8.04. The molecule has 0 aliphatic rings. The standard InChI is InChI=1S/30CH2O3.26Na/c30*2-1(3)4;;;;;;;;;;;;;;;;;;;;;;;;;;/h30*(H2,2,3,4);;;;;;;;;;;;;;;;;;;;;;;;;;/q;;;;;;;;;;;;;;;;;;;;;;;;;;;;;;26*+1/p-26. The van der Waals surface area contributed by atoms with Crippen LogP contribution in [0.25, 0.3) is 0 Å². The van der Waals surface area contributed by atoms with Crippen molar-refractivity contribution < 1.29 is 1220 Å². The summed E-state index contributed by atoms with van der Waals surface area (Å²) in [5, 5.41) is 454. The minimum Gasteiger partial charge on any atom is -0.565 e. The Morgan fingerprint density at radius 3 is 0.0685 bits per heavy atom. The Hall–Kier alpha value is 4.10. The van der Waals surface area contributed by atoms with E-state index in [4.69, 9.17) is 450 Å². The molecule has 0 bridgehead atoms. The first kappa shape index (κ1) is 377. The van der Waals surface area contributed by atoms with Gasteiger partial charge in [-0.25, -0.2) is 19.2 Å². The molecule has 0 aliphatic heterocycles. The zero-order valence-electron chi connectivity index (χ0n) is 79.1. The molecule has 0 aromatic rings. The molecule has 146 heavy (non-hydrogen) atoms. The van der Waals surface area contributed by atoms with E-state index in [-0.39, 0.29) is 768 Å². The molecule has 0 rings (SSSR count). The molecule has 116 heteroatoms. The molecule has 0 aromatic carbocycles. The van der Waals surface area contributed by atoms with Gasteiger partial charge in [0.05, 0.1) is 0 Å². The van der Waals surface area contributed by atoms with E-state index in [9.17, 15) is 0 Å². The molecule has 0 saturated carbocycles. The molecule has 0 heterocycles. The first-order valence-corrected chi connectivity index (χ1v) is 19.0. The molecule has 90 nitrogen and oxygen atoms in total. The summed E-state index contributed by atoms with van der Waals surface area (Å²) in [7, 11) is 0. The quantitative estimate of drug-likeness (QED) is 0.100. The normalized spacial score (nSPS) is 4.93. The molecule has 0 radical (unpaired) electrons. The van der Waals surface area contributed by atoms with E-state index in [2.05, 4.69) is 0 Å². The summed E-state index contributed by atoms with van der Waals surface area (Å²) in [5.74, 6) is 0. The van der Waals surface area contributed by atoms with E-state index in [1.807, 2.05) is 0 Å². The Balaban J connectivity index is -0.0000000106.